The number of hydrogen-bond donors (Lipinski definition) is 0. The molecular weight excluding hydrogens is 292 g/mol. The minimum atomic E-state index is -1.40. The van der Waals surface area contributed by atoms with Crippen molar-refractivity contribution >= 4 is 8.07 Å². The van der Waals surface area contributed by atoms with Crippen molar-refractivity contribution in [3.05, 3.63) is 23.3 Å². The van der Waals surface area contributed by atoms with Gasteiger partial charge in [0.1, 0.15) is 19.6 Å². The van der Waals surface area contributed by atoms with Crippen LogP contribution < -0.4 is 9.47 Å². The van der Waals surface area contributed by atoms with Crippen LogP contribution in [0, 0.1) is 17.4 Å². The van der Waals surface area contributed by atoms with Crippen LogP contribution in [-0.2, 0) is 4.74 Å². The number of ether oxygens (including phenoxy) is 3. The lowest BCUT2D eigenvalue weighted by atomic mass is 9.91. The SMILES string of the molecule is COc1cc(OC)c2c(c1)[C@H]1OCC[C@H]1[C@@H]2C#C[Si](C)(C)C. The van der Waals surface area contributed by atoms with Crippen LogP contribution in [0.15, 0.2) is 12.1 Å². The van der Waals surface area contributed by atoms with Crippen molar-refractivity contribution < 1.29 is 14.2 Å². The summed E-state index contributed by atoms with van der Waals surface area (Å²) in [7, 11) is 2.00. The Morgan fingerprint density at radius 3 is 2.59 bits per heavy atom. The van der Waals surface area contributed by atoms with Crippen LogP contribution in [-0.4, -0.2) is 28.9 Å². The van der Waals surface area contributed by atoms with E-state index in [0.717, 1.165) is 24.5 Å². The highest BCUT2D eigenvalue weighted by Crippen LogP contribution is 2.55. The zero-order chi connectivity index (χ0) is 15.9. The Bertz CT molecular complexity index is 636. The summed E-state index contributed by atoms with van der Waals surface area (Å²) in [4.78, 5) is 0. The minimum absolute atomic E-state index is 0.139. The molecule has 3 atom stereocenters. The van der Waals surface area contributed by atoms with E-state index in [9.17, 15) is 0 Å². The second-order valence-corrected chi connectivity index (χ2v) is 11.8. The minimum Gasteiger partial charge on any atom is -0.497 e. The van der Waals surface area contributed by atoms with Crippen LogP contribution in [0.25, 0.3) is 0 Å². The van der Waals surface area contributed by atoms with Crippen molar-refractivity contribution in [1.82, 2.24) is 0 Å². The molecular formula is C18H24O3Si. The van der Waals surface area contributed by atoms with E-state index in [1.165, 1.54) is 11.1 Å². The first-order valence-electron chi connectivity index (χ1n) is 7.84. The molecule has 0 unspecified atom stereocenters. The van der Waals surface area contributed by atoms with Gasteiger partial charge in [0.15, 0.2) is 0 Å². The highest BCUT2D eigenvalue weighted by Gasteiger charge is 2.46. The maximum atomic E-state index is 6.00. The van der Waals surface area contributed by atoms with E-state index in [2.05, 4.69) is 37.2 Å². The van der Waals surface area contributed by atoms with E-state index in [1.807, 2.05) is 6.07 Å². The van der Waals surface area contributed by atoms with E-state index >= 15 is 0 Å². The van der Waals surface area contributed by atoms with Gasteiger partial charge in [-0.15, -0.1) is 11.5 Å². The molecule has 1 aromatic rings. The lowest BCUT2D eigenvalue weighted by Gasteiger charge is -2.16. The first-order chi connectivity index (χ1) is 10.4. The Labute approximate surface area is 134 Å². The average Bonchev–Trinajstić information content (AvgIpc) is 3.04. The smallest absolute Gasteiger partial charge is 0.129 e. The van der Waals surface area contributed by atoms with Crippen LogP contribution >= 0.6 is 0 Å². The number of rotatable bonds is 2. The monoisotopic (exact) mass is 316 g/mol. The van der Waals surface area contributed by atoms with E-state index < -0.39 is 8.07 Å². The summed E-state index contributed by atoms with van der Waals surface area (Å²) in [6.07, 6.45) is 1.20. The highest BCUT2D eigenvalue weighted by molar-refractivity contribution is 6.83. The Balaban J connectivity index is 2.12. The van der Waals surface area contributed by atoms with E-state index in [0.29, 0.717) is 5.92 Å². The molecule has 0 aromatic heterocycles. The summed E-state index contributed by atoms with van der Waals surface area (Å²) in [6, 6.07) is 4.06. The fourth-order valence-electron chi connectivity index (χ4n) is 3.43. The first-order valence-corrected chi connectivity index (χ1v) is 11.3. The summed E-state index contributed by atoms with van der Waals surface area (Å²) in [6.45, 7) is 7.66. The fraction of sp³-hybridized carbons (Fsp3) is 0.556. The van der Waals surface area contributed by atoms with Crippen LogP contribution in [0.3, 0.4) is 0 Å². The van der Waals surface area contributed by atoms with E-state index in [1.54, 1.807) is 14.2 Å². The van der Waals surface area contributed by atoms with Crippen LogP contribution in [0.2, 0.25) is 19.6 Å². The number of benzene rings is 1. The van der Waals surface area contributed by atoms with Crippen molar-refractivity contribution in [2.45, 2.75) is 38.1 Å². The van der Waals surface area contributed by atoms with Gasteiger partial charge < -0.3 is 14.2 Å². The summed E-state index contributed by atoms with van der Waals surface area (Å²) in [5.41, 5.74) is 5.96. The van der Waals surface area contributed by atoms with Crippen LogP contribution in [0.4, 0.5) is 0 Å². The molecule has 1 aliphatic carbocycles. The largest absolute Gasteiger partial charge is 0.497 e. The van der Waals surface area contributed by atoms with Crippen LogP contribution in [0.1, 0.15) is 29.6 Å². The van der Waals surface area contributed by atoms with Gasteiger partial charge in [0.25, 0.3) is 0 Å². The molecule has 1 aromatic carbocycles. The predicted octanol–water partition coefficient (Wildman–Crippen LogP) is 3.76. The van der Waals surface area contributed by atoms with Gasteiger partial charge in [-0.2, -0.15) is 0 Å². The molecule has 1 fully saturated rings. The second-order valence-electron chi connectivity index (χ2n) is 7.07. The highest BCUT2D eigenvalue weighted by atomic mass is 28.3. The van der Waals surface area contributed by atoms with Crippen molar-refractivity contribution in [1.29, 1.82) is 0 Å². The fourth-order valence-corrected chi connectivity index (χ4v) is 4.02. The molecule has 118 valence electrons. The molecule has 0 amide bonds. The molecule has 0 bridgehead atoms. The van der Waals surface area contributed by atoms with Crippen molar-refractivity contribution in [2.24, 2.45) is 5.92 Å². The Morgan fingerprint density at radius 2 is 1.95 bits per heavy atom. The maximum absolute atomic E-state index is 6.00. The standard InChI is InChI=1S/C18H24O3Si/c1-19-12-10-15-17(16(11-12)20-2)13(7-9-22(3,4)5)14-6-8-21-18(14)15/h10-11,13-14,18H,6,8H2,1-5H3/t13-,14-,18-/m0/s1. The number of fused-ring (bicyclic) bond motifs is 3. The summed E-state index contributed by atoms with van der Waals surface area (Å²) in [5, 5.41) is 0. The lowest BCUT2D eigenvalue weighted by molar-refractivity contribution is 0.0974. The lowest BCUT2D eigenvalue weighted by Crippen LogP contribution is -2.17. The molecule has 3 nitrogen and oxygen atoms in total. The summed E-state index contributed by atoms with van der Waals surface area (Å²) >= 11 is 0. The van der Waals surface area contributed by atoms with Gasteiger partial charge in [-0.3, -0.25) is 0 Å². The Morgan fingerprint density at radius 1 is 1.18 bits per heavy atom. The van der Waals surface area contributed by atoms with Gasteiger partial charge in [-0.05, 0) is 18.1 Å². The Kier molecular flexibility index (Phi) is 3.96. The zero-order valence-electron chi connectivity index (χ0n) is 14.0. The summed E-state index contributed by atoms with van der Waals surface area (Å²) in [5.74, 6) is 5.93. The van der Waals surface area contributed by atoms with Crippen LogP contribution in [0.5, 0.6) is 11.5 Å². The Hall–Kier alpha value is -1.44. The second kappa shape index (κ2) is 5.64. The van der Waals surface area contributed by atoms with Crippen molar-refractivity contribution in [3.63, 3.8) is 0 Å². The molecule has 4 heteroatoms. The number of methoxy groups -OCH3 is 2. The molecule has 2 aliphatic rings. The normalized spacial score (nSPS) is 26.0. The molecule has 0 radical (unpaired) electrons. The zero-order valence-corrected chi connectivity index (χ0v) is 15.0. The van der Waals surface area contributed by atoms with Gasteiger partial charge >= 0.3 is 0 Å². The molecule has 0 saturated carbocycles. The number of hydrogen-bond acceptors (Lipinski definition) is 3. The molecule has 1 aliphatic heterocycles. The molecule has 1 heterocycles. The topological polar surface area (TPSA) is 27.7 Å². The maximum Gasteiger partial charge on any atom is 0.129 e. The molecule has 1 saturated heterocycles. The third-order valence-electron chi connectivity index (χ3n) is 4.39. The van der Waals surface area contributed by atoms with E-state index in [-0.39, 0.29) is 12.0 Å². The van der Waals surface area contributed by atoms with Gasteiger partial charge in [0, 0.05) is 24.2 Å². The van der Waals surface area contributed by atoms with E-state index in [4.69, 9.17) is 14.2 Å². The predicted molar refractivity (Wildman–Crippen MR) is 90.2 cm³/mol. The molecule has 0 N–H and O–H groups in total. The van der Waals surface area contributed by atoms with Crippen molar-refractivity contribution in [2.75, 3.05) is 20.8 Å². The van der Waals surface area contributed by atoms with Crippen molar-refractivity contribution in [3.8, 4) is 23.0 Å². The molecule has 3 rings (SSSR count). The quantitative estimate of drug-likeness (QED) is 0.614. The molecule has 22 heavy (non-hydrogen) atoms. The van der Waals surface area contributed by atoms with Gasteiger partial charge in [-0.25, -0.2) is 0 Å². The van der Waals surface area contributed by atoms with Gasteiger partial charge in [0.2, 0.25) is 0 Å². The average molecular weight is 316 g/mol. The summed E-state index contributed by atoms with van der Waals surface area (Å²) < 4.78 is 17.0. The molecule has 0 spiro atoms. The third kappa shape index (κ3) is 2.64. The first kappa shape index (κ1) is 15.5. The van der Waals surface area contributed by atoms with Gasteiger partial charge in [0.05, 0.1) is 26.2 Å². The third-order valence-corrected chi connectivity index (χ3v) is 5.28. The van der Waals surface area contributed by atoms with Gasteiger partial charge in [-0.1, -0.05) is 19.6 Å².